The smallest absolute Gasteiger partial charge is 0.270 e. The Bertz CT molecular complexity index is 561. The maximum absolute atomic E-state index is 12.8. The number of likely N-dealkylation sites (tertiary alicyclic amines) is 1. The molecule has 1 aliphatic heterocycles. The summed E-state index contributed by atoms with van der Waals surface area (Å²) >= 11 is 0. The van der Waals surface area contributed by atoms with Crippen LogP contribution in [0.5, 0.6) is 0 Å². The molecule has 1 amide bonds. The Hall–Kier alpha value is -2.15. The first-order chi connectivity index (χ1) is 9.99. The molecule has 7 heteroatoms. The molecule has 0 aliphatic carbocycles. The zero-order valence-corrected chi connectivity index (χ0v) is 12.2. The molecule has 1 heterocycles. The van der Waals surface area contributed by atoms with Crippen molar-refractivity contribution >= 4 is 17.3 Å². The van der Waals surface area contributed by atoms with Crippen molar-refractivity contribution in [3.05, 3.63) is 33.9 Å². The van der Waals surface area contributed by atoms with Gasteiger partial charge in [-0.15, -0.1) is 0 Å². The van der Waals surface area contributed by atoms with Crippen LogP contribution in [0.4, 0.5) is 11.4 Å². The quantitative estimate of drug-likeness (QED) is 0.503. The zero-order chi connectivity index (χ0) is 15.6. The second kappa shape index (κ2) is 6.09. The lowest BCUT2D eigenvalue weighted by atomic mass is 10.1. The fourth-order valence-corrected chi connectivity index (χ4v) is 2.93. The summed E-state index contributed by atoms with van der Waals surface area (Å²) in [4.78, 5) is 25.0. The van der Waals surface area contributed by atoms with Crippen LogP contribution in [0.2, 0.25) is 0 Å². The van der Waals surface area contributed by atoms with Crippen LogP contribution in [0.25, 0.3) is 0 Å². The van der Waals surface area contributed by atoms with Crippen LogP contribution in [0, 0.1) is 10.1 Å². The van der Waals surface area contributed by atoms with Crippen LogP contribution in [-0.2, 0) is 0 Å². The van der Waals surface area contributed by atoms with E-state index in [1.807, 2.05) is 18.7 Å². The van der Waals surface area contributed by atoms with Gasteiger partial charge in [-0.25, -0.2) is 0 Å². The van der Waals surface area contributed by atoms with Gasteiger partial charge in [0.05, 0.1) is 16.2 Å². The standard InChI is InChI=1S/C14H20N4O3/c1-3-10-5-4-9(2)17(10)14(19)12-8-11(18(20)21)6-7-13(12)16-15/h6-10,16H,3-5,15H2,1-2H3. The topological polar surface area (TPSA) is 102 Å². The summed E-state index contributed by atoms with van der Waals surface area (Å²) in [6, 6.07) is 4.39. The van der Waals surface area contributed by atoms with Crippen LogP contribution in [0.3, 0.4) is 0 Å². The van der Waals surface area contributed by atoms with E-state index in [2.05, 4.69) is 5.43 Å². The van der Waals surface area contributed by atoms with Crippen molar-refractivity contribution in [2.45, 2.75) is 45.2 Å². The van der Waals surface area contributed by atoms with Gasteiger partial charge in [0.1, 0.15) is 0 Å². The maximum atomic E-state index is 12.8. The number of amides is 1. The number of nitrogen functional groups attached to an aromatic ring is 1. The van der Waals surface area contributed by atoms with Crippen LogP contribution in [-0.4, -0.2) is 27.8 Å². The molecule has 0 saturated carbocycles. The number of carbonyl (C=O) groups excluding carboxylic acids is 1. The van der Waals surface area contributed by atoms with Gasteiger partial charge in [-0.2, -0.15) is 0 Å². The van der Waals surface area contributed by atoms with Crippen LogP contribution < -0.4 is 11.3 Å². The maximum Gasteiger partial charge on any atom is 0.270 e. The van der Waals surface area contributed by atoms with Crippen molar-refractivity contribution in [2.75, 3.05) is 5.43 Å². The van der Waals surface area contributed by atoms with Gasteiger partial charge in [0.2, 0.25) is 0 Å². The summed E-state index contributed by atoms with van der Waals surface area (Å²) < 4.78 is 0. The van der Waals surface area contributed by atoms with Crippen molar-refractivity contribution in [1.82, 2.24) is 4.90 Å². The summed E-state index contributed by atoms with van der Waals surface area (Å²) in [5, 5.41) is 10.9. The Morgan fingerprint density at radius 2 is 2.24 bits per heavy atom. The van der Waals surface area contributed by atoms with E-state index in [1.165, 1.54) is 18.2 Å². The minimum Gasteiger partial charge on any atom is -0.333 e. The Morgan fingerprint density at radius 3 is 2.81 bits per heavy atom. The SMILES string of the molecule is CCC1CCC(C)N1C(=O)c1cc([N+](=O)[O-])ccc1NN. The number of benzene rings is 1. The Labute approximate surface area is 123 Å². The second-order valence-corrected chi connectivity index (χ2v) is 5.33. The lowest BCUT2D eigenvalue weighted by Crippen LogP contribution is -2.40. The first kappa shape index (κ1) is 15.2. The number of hydrogen-bond acceptors (Lipinski definition) is 5. The van der Waals surface area contributed by atoms with Crippen molar-refractivity contribution in [1.29, 1.82) is 0 Å². The molecule has 3 N–H and O–H groups in total. The minimum absolute atomic E-state index is 0.114. The lowest BCUT2D eigenvalue weighted by molar-refractivity contribution is -0.384. The molecular formula is C14H20N4O3. The average Bonchev–Trinajstić information content (AvgIpc) is 2.86. The first-order valence-electron chi connectivity index (χ1n) is 7.07. The molecule has 2 atom stereocenters. The number of nitrogens with zero attached hydrogens (tertiary/aromatic N) is 2. The number of carbonyl (C=O) groups is 1. The fraction of sp³-hybridized carbons (Fsp3) is 0.500. The summed E-state index contributed by atoms with van der Waals surface area (Å²) in [6.45, 7) is 4.04. The zero-order valence-electron chi connectivity index (χ0n) is 12.2. The lowest BCUT2D eigenvalue weighted by Gasteiger charge is -2.28. The number of nitro groups is 1. The number of nitrogens with two attached hydrogens (primary N) is 1. The molecule has 0 aromatic heterocycles. The van der Waals surface area contributed by atoms with Gasteiger partial charge < -0.3 is 10.3 Å². The number of rotatable bonds is 4. The molecule has 114 valence electrons. The summed E-state index contributed by atoms with van der Waals surface area (Å²) in [7, 11) is 0. The Balaban J connectivity index is 2.41. The Kier molecular flexibility index (Phi) is 4.42. The van der Waals surface area contributed by atoms with Crippen molar-refractivity contribution in [3.8, 4) is 0 Å². The number of non-ortho nitro benzene ring substituents is 1. The van der Waals surface area contributed by atoms with Crippen LogP contribution in [0.15, 0.2) is 18.2 Å². The highest BCUT2D eigenvalue weighted by Gasteiger charge is 2.35. The highest BCUT2D eigenvalue weighted by Crippen LogP contribution is 2.31. The fourth-order valence-electron chi connectivity index (χ4n) is 2.93. The van der Waals surface area contributed by atoms with Gasteiger partial charge in [-0.05, 0) is 32.3 Å². The molecule has 21 heavy (non-hydrogen) atoms. The third kappa shape index (κ3) is 2.82. The number of nitrogens with one attached hydrogen (secondary N) is 1. The number of hydrogen-bond donors (Lipinski definition) is 2. The molecule has 0 bridgehead atoms. The van der Waals surface area contributed by atoms with Crippen LogP contribution >= 0.6 is 0 Å². The van der Waals surface area contributed by atoms with E-state index in [9.17, 15) is 14.9 Å². The van der Waals surface area contributed by atoms with E-state index < -0.39 is 4.92 Å². The minimum atomic E-state index is -0.512. The van der Waals surface area contributed by atoms with Crippen molar-refractivity contribution < 1.29 is 9.72 Å². The molecule has 1 aliphatic rings. The normalized spacial score (nSPS) is 21.4. The van der Waals surface area contributed by atoms with Crippen molar-refractivity contribution in [3.63, 3.8) is 0 Å². The molecule has 0 spiro atoms. The molecule has 1 saturated heterocycles. The molecule has 1 aromatic carbocycles. The van der Waals surface area contributed by atoms with E-state index >= 15 is 0 Å². The summed E-state index contributed by atoms with van der Waals surface area (Å²) in [5.74, 6) is 5.22. The van der Waals surface area contributed by atoms with E-state index in [-0.39, 0.29) is 29.2 Å². The summed E-state index contributed by atoms with van der Waals surface area (Å²) in [5.41, 5.74) is 2.98. The third-order valence-corrected chi connectivity index (χ3v) is 4.09. The first-order valence-corrected chi connectivity index (χ1v) is 7.07. The predicted octanol–water partition coefficient (Wildman–Crippen LogP) is 2.28. The van der Waals surface area contributed by atoms with Crippen molar-refractivity contribution in [2.24, 2.45) is 5.84 Å². The molecular weight excluding hydrogens is 272 g/mol. The monoisotopic (exact) mass is 292 g/mol. The van der Waals surface area contributed by atoms with Gasteiger partial charge in [0.15, 0.2) is 0 Å². The second-order valence-electron chi connectivity index (χ2n) is 5.33. The van der Waals surface area contributed by atoms with Gasteiger partial charge >= 0.3 is 0 Å². The largest absolute Gasteiger partial charge is 0.333 e. The van der Waals surface area contributed by atoms with Gasteiger partial charge in [0, 0.05) is 24.2 Å². The Morgan fingerprint density at radius 1 is 1.52 bits per heavy atom. The van der Waals surface area contributed by atoms with E-state index in [0.29, 0.717) is 5.69 Å². The average molecular weight is 292 g/mol. The number of hydrazine groups is 1. The van der Waals surface area contributed by atoms with E-state index in [1.54, 1.807) is 0 Å². The summed E-state index contributed by atoms with van der Waals surface area (Å²) in [6.07, 6.45) is 2.78. The molecule has 0 radical (unpaired) electrons. The predicted molar refractivity (Wildman–Crippen MR) is 79.9 cm³/mol. The van der Waals surface area contributed by atoms with Gasteiger partial charge in [0.25, 0.3) is 11.6 Å². The highest BCUT2D eigenvalue weighted by atomic mass is 16.6. The van der Waals surface area contributed by atoms with E-state index in [0.717, 1.165) is 19.3 Å². The highest BCUT2D eigenvalue weighted by molar-refractivity contribution is 6.00. The molecule has 1 aromatic rings. The molecule has 7 nitrogen and oxygen atoms in total. The third-order valence-electron chi connectivity index (χ3n) is 4.09. The van der Waals surface area contributed by atoms with Gasteiger partial charge in [-0.3, -0.25) is 20.8 Å². The molecule has 2 rings (SSSR count). The number of anilines is 1. The van der Waals surface area contributed by atoms with Crippen LogP contribution in [0.1, 0.15) is 43.5 Å². The van der Waals surface area contributed by atoms with E-state index in [4.69, 9.17) is 5.84 Å². The molecule has 1 fully saturated rings. The number of nitro benzene ring substituents is 1. The molecule has 2 unspecified atom stereocenters. The van der Waals surface area contributed by atoms with Gasteiger partial charge in [-0.1, -0.05) is 6.92 Å².